The fourth-order valence-electron chi connectivity index (χ4n) is 2.29. The van der Waals surface area contributed by atoms with E-state index in [1.165, 1.54) is 0 Å². The van der Waals surface area contributed by atoms with E-state index in [0.717, 1.165) is 19.3 Å². The number of epoxide rings is 1. The second-order valence-corrected chi connectivity index (χ2v) is 5.04. The zero-order chi connectivity index (χ0) is 8.98. The van der Waals surface area contributed by atoms with E-state index >= 15 is 0 Å². The summed E-state index contributed by atoms with van der Waals surface area (Å²) in [7, 11) is 0. The zero-order valence-corrected chi connectivity index (χ0v) is 8.13. The van der Waals surface area contributed by atoms with E-state index in [2.05, 4.69) is 6.92 Å². The maximum atomic E-state index is 9.81. The van der Waals surface area contributed by atoms with Gasteiger partial charge in [-0.1, -0.05) is 0 Å². The van der Waals surface area contributed by atoms with Crippen molar-refractivity contribution >= 4 is 0 Å². The second kappa shape index (κ2) is 2.24. The van der Waals surface area contributed by atoms with Crippen LogP contribution in [-0.2, 0) is 4.74 Å². The molecule has 1 saturated carbocycles. The van der Waals surface area contributed by atoms with Gasteiger partial charge in [-0.15, -0.1) is 0 Å². The Morgan fingerprint density at radius 3 is 2.67 bits per heavy atom. The van der Waals surface area contributed by atoms with Gasteiger partial charge in [-0.25, -0.2) is 0 Å². The molecule has 1 saturated heterocycles. The molecule has 2 heteroatoms. The van der Waals surface area contributed by atoms with Crippen molar-refractivity contribution in [2.24, 2.45) is 5.92 Å². The quantitative estimate of drug-likeness (QED) is 0.608. The molecule has 0 bridgehead atoms. The Kier molecular flexibility index (Phi) is 1.59. The van der Waals surface area contributed by atoms with Crippen molar-refractivity contribution in [1.29, 1.82) is 0 Å². The van der Waals surface area contributed by atoms with Crippen molar-refractivity contribution in [2.75, 3.05) is 0 Å². The highest BCUT2D eigenvalue weighted by atomic mass is 16.6. The minimum absolute atomic E-state index is 0.182. The average Bonchev–Trinajstić information content (AvgIpc) is 2.56. The standard InChI is InChI=1S/C10H18O2/c1-9(2,11)7-4-5-10(3)8(6-7)12-10/h7-8,11H,4-6H2,1-3H3/t7-,8?,10+/m0/s1. The predicted molar refractivity (Wildman–Crippen MR) is 46.9 cm³/mol. The third kappa shape index (κ3) is 1.27. The van der Waals surface area contributed by atoms with E-state index in [1.54, 1.807) is 0 Å². The molecular weight excluding hydrogens is 152 g/mol. The van der Waals surface area contributed by atoms with Crippen LogP contribution < -0.4 is 0 Å². The molecule has 1 unspecified atom stereocenters. The molecule has 1 heterocycles. The van der Waals surface area contributed by atoms with E-state index < -0.39 is 5.60 Å². The molecule has 2 nitrogen and oxygen atoms in total. The Morgan fingerprint density at radius 1 is 1.50 bits per heavy atom. The van der Waals surface area contributed by atoms with Crippen molar-refractivity contribution < 1.29 is 9.84 Å². The van der Waals surface area contributed by atoms with Gasteiger partial charge in [0.1, 0.15) is 0 Å². The summed E-state index contributed by atoms with van der Waals surface area (Å²) in [6.45, 7) is 5.99. The summed E-state index contributed by atoms with van der Waals surface area (Å²) in [5.41, 5.74) is -0.338. The number of hydrogen-bond acceptors (Lipinski definition) is 2. The monoisotopic (exact) mass is 170 g/mol. The van der Waals surface area contributed by atoms with Gasteiger partial charge in [0.15, 0.2) is 0 Å². The molecule has 1 N–H and O–H groups in total. The van der Waals surface area contributed by atoms with Crippen LogP contribution in [0, 0.1) is 5.92 Å². The van der Waals surface area contributed by atoms with Gasteiger partial charge >= 0.3 is 0 Å². The third-order valence-corrected chi connectivity index (χ3v) is 3.52. The molecule has 0 amide bonds. The van der Waals surface area contributed by atoms with Crippen molar-refractivity contribution in [3.63, 3.8) is 0 Å². The van der Waals surface area contributed by atoms with Crippen LogP contribution in [0.25, 0.3) is 0 Å². The molecule has 0 radical (unpaired) electrons. The van der Waals surface area contributed by atoms with E-state index in [1.807, 2.05) is 13.8 Å². The van der Waals surface area contributed by atoms with Crippen molar-refractivity contribution in [1.82, 2.24) is 0 Å². The minimum Gasteiger partial charge on any atom is -0.390 e. The van der Waals surface area contributed by atoms with Crippen LogP contribution >= 0.6 is 0 Å². The molecule has 2 rings (SSSR count). The molecule has 2 fully saturated rings. The van der Waals surface area contributed by atoms with Gasteiger partial charge in [-0.05, 0) is 46.0 Å². The van der Waals surface area contributed by atoms with Crippen LogP contribution in [0.2, 0.25) is 0 Å². The van der Waals surface area contributed by atoms with Crippen LogP contribution in [0.5, 0.6) is 0 Å². The molecule has 0 aromatic carbocycles. The highest BCUT2D eigenvalue weighted by molar-refractivity contribution is 5.05. The highest BCUT2D eigenvalue weighted by Gasteiger charge is 2.56. The lowest BCUT2D eigenvalue weighted by Crippen LogP contribution is -2.36. The van der Waals surface area contributed by atoms with Crippen LogP contribution in [0.4, 0.5) is 0 Å². The van der Waals surface area contributed by atoms with Crippen LogP contribution in [0.1, 0.15) is 40.0 Å². The number of aliphatic hydroxyl groups is 1. The first kappa shape index (κ1) is 8.52. The first-order valence-electron chi connectivity index (χ1n) is 4.82. The van der Waals surface area contributed by atoms with Crippen LogP contribution in [0.3, 0.4) is 0 Å². The maximum Gasteiger partial charge on any atom is 0.0920 e. The number of fused-ring (bicyclic) bond motifs is 1. The van der Waals surface area contributed by atoms with E-state index in [4.69, 9.17) is 4.74 Å². The number of ether oxygens (including phenoxy) is 1. The lowest BCUT2D eigenvalue weighted by Gasteiger charge is -2.32. The molecule has 1 aliphatic heterocycles. The number of rotatable bonds is 1. The highest BCUT2D eigenvalue weighted by Crippen LogP contribution is 2.51. The van der Waals surface area contributed by atoms with Crippen molar-refractivity contribution in [3.05, 3.63) is 0 Å². The third-order valence-electron chi connectivity index (χ3n) is 3.52. The zero-order valence-electron chi connectivity index (χ0n) is 8.13. The smallest absolute Gasteiger partial charge is 0.0920 e. The molecule has 12 heavy (non-hydrogen) atoms. The maximum absolute atomic E-state index is 9.81. The van der Waals surface area contributed by atoms with Gasteiger partial charge in [-0.2, -0.15) is 0 Å². The molecular formula is C10H18O2. The topological polar surface area (TPSA) is 32.8 Å². The van der Waals surface area contributed by atoms with Gasteiger partial charge < -0.3 is 9.84 Å². The Morgan fingerprint density at radius 2 is 2.17 bits per heavy atom. The Labute approximate surface area is 73.9 Å². The molecule has 0 spiro atoms. The molecule has 70 valence electrons. The van der Waals surface area contributed by atoms with Gasteiger partial charge in [0.2, 0.25) is 0 Å². The van der Waals surface area contributed by atoms with Crippen molar-refractivity contribution in [3.8, 4) is 0 Å². The largest absolute Gasteiger partial charge is 0.390 e. The summed E-state index contributed by atoms with van der Waals surface area (Å²) < 4.78 is 5.58. The SMILES string of the molecule is CC(C)(O)[C@H]1CC[C@@]2(C)OC2C1. The Hall–Kier alpha value is -0.0800. The molecule has 3 atom stereocenters. The first-order chi connectivity index (χ1) is 5.42. The van der Waals surface area contributed by atoms with Crippen LogP contribution in [0.15, 0.2) is 0 Å². The summed E-state index contributed by atoms with van der Waals surface area (Å²) in [5.74, 6) is 0.429. The van der Waals surface area contributed by atoms with Gasteiger partial charge in [-0.3, -0.25) is 0 Å². The first-order valence-corrected chi connectivity index (χ1v) is 4.82. The molecule has 2 aliphatic rings. The summed E-state index contributed by atoms with van der Waals surface area (Å²) in [5, 5.41) is 9.81. The fraction of sp³-hybridized carbons (Fsp3) is 1.00. The Balaban J connectivity index is 1.98. The number of hydrogen-bond donors (Lipinski definition) is 1. The van der Waals surface area contributed by atoms with E-state index in [-0.39, 0.29) is 5.60 Å². The van der Waals surface area contributed by atoms with Crippen molar-refractivity contribution in [2.45, 2.75) is 57.3 Å². The summed E-state index contributed by atoms with van der Waals surface area (Å²) >= 11 is 0. The van der Waals surface area contributed by atoms with Gasteiger partial charge in [0.25, 0.3) is 0 Å². The molecule has 0 aromatic rings. The lowest BCUT2D eigenvalue weighted by atomic mass is 9.75. The average molecular weight is 170 g/mol. The molecule has 1 aliphatic carbocycles. The minimum atomic E-state index is -0.521. The normalized spacial score (nSPS) is 47.0. The summed E-state index contributed by atoms with van der Waals surface area (Å²) in [4.78, 5) is 0. The summed E-state index contributed by atoms with van der Waals surface area (Å²) in [6.07, 6.45) is 3.70. The Bertz CT molecular complexity index is 195. The predicted octanol–water partition coefficient (Wildman–Crippen LogP) is 1.71. The lowest BCUT2D eigenvalue weighted by molar-refractivity contribution is 0.00186. The van der Waals surface area contributed by atoms with Gasteiger partial charge in [0.05, 0.1) is 17.3 Å². The van der Waals surface area contributed by atoms with E-state index in [9.17, 15) is 5.11 Å². The van der Waals surface area contributed by atoms with Gasteiger partial charge in [0, 0.05) is 0 Å². The van der Waals surface area contributed by atoms with E-state index in [0.29, 0.717) is 12.0 Å². The fourth-order valence-corrected chi connectivity index (χ4v) is 2.29. The summed E-state index contributed by atoms with van der Waals surface area (Å²) in [6, 6.07) is 0. The van der Waals surface area contributed by atoms with Crippen LogP contribution in [-0.4, -0.2) is 22.4 Å². The second-order valence-electron chi connectivity index (χ2n) is 5.04. The molecule has 0 aromatic heterocycles.